The Morgan fingerprint density at radius 3 is 2.70 bits per heavy atom. The van der Waals surface area contributed by atoms with Gasteiger partial charge in [0.05, 0.1) is 18.8 Å². The minimum absolute atomic E-state index is 0.0634. The predicted octanol–water partition coefficient (Wildman–Crippen LogP) is 6.92. The van der Waals surface area contributed by atoms with Gasteiger partial charge >= 0.3 is 12.1 Å². The number of rotatable bonds is 9. The number of aliphatic carboxylic acids is 1. The van der Waals surface area contributed by atoms with Crippen LogP contribution in [0.1, 0.15) is 98.2 Å². The molecular weight excluding hydrogens is 510 g/mol. The third-order valence-electron chi connectivity index (χ3n) is 8.22. The lowest BCUT2D eigenvalue weighted by molar-refractivity contribution is -0.191. The van der Waals surface area contributed by atoms with Crippen molar-refractivity contribution in [3.63, 3.8) is 0 Å². The molecule has 1 amide bonds. The number of nitrogens with zero attached hydrogens (tertiary/aromatic N) is 1. The molecule has 3 heterocycles. The summed E-state index contributed by atoms with van der Waals surface area (Å²) in [5, 5.41) is 8.87. The van der Waals surface area contributed by atoms with Crippen LogP contribution in [0.5, 0.6) is 11.5 Å². The largest absolute Gasteiger partial charge is 0.494 e. The van der Waals surface area contributed by atoms with E-state index < -0.39 is 17.2 Å². The van der Waals surface area contributed by atoms with E-state index in [2.05, 4.69) is 26.8 Å². The maximum Gasteiger partial charge on any atom is 0.410 e. The van der Waals surface area contributed by atoms with E-state index in [0.717, 1.165) is 42.7 Å². The topological polar surface area (TPSA) is 94.5 Å². The average Bonchev–Trinajstić information content (AvgIpc) is 2.86. The Balaban J connectivity index is 1.53. The van der Waals surface area contributed by atoms with Crippen LogP contribution in [-0.2, 0) is 14.3 Å². The number of carbonyl (C=O) groups is 2. The number of carboxylic acid groups (broad SMARTS) is 1. The van der Waals surface area contributed by atoms with Gasteiger partial charge in [-0.1, -0.05) is 11.6 Å². The van der Waals surface area contributed by atoms with Crippen molar-refractivity contribution < 1.29 is 33.6 Å². The highest BCUT2D eigenvalue weighted by Gasteiger charge is 2.53. The molecule has 1 aromatic carbocycles. The highest BCUT2D eigenvalue weighted by atomic mass is 16.6. The summed E-state index contributed by atoms with van der Waals surface area (Å²) in [4.78, 5) is 25.5. The smallest absolute Gasteiger partial charge is 0.410 e. The molecule has 5 atom stereocenters. The summed E-state index contributed by atoms with van der Waals surface area (Å²) >= 11 is 0. The Morgan fingerprint density at radius 2 is 2.00 bits per heavy atom. The van der Waals surface area contributed by atoms with Crippen LogP contribution in [0.3, 0.4) is 0 Å². The number of carboxylic acids is 1. The number of hydrogen-bond acceptors (Lipinski definition) is 6. The van der Waals surface area contributed by atoms with Crippen LogP contribution in [0.15, 0.2) is 29.8 Å². The van der Waals surface area contributed by atoms with Gasteiger partial charge in [-0.2, -0.15) is 0 Å². The number of ether oxygens (including phenoxy) is 4. The number of carbonyl (C=O) groups excluding carboxylic acids is 1. The van der Waals surface area contributed by atoms with E-state index >= 15 is 0 Å². The zero-order chi connectivity index (χ0) is 29.1. The van der Waals surface area contributed by atoms with E-state index in [1.807, 2.05) is 43.9 Å². The Morgan fingerprint density at radius 1 is 1.23 bits per heavy atom. The van der Waals surface area contributed by atoms with Crippen molar-refractivity contribution in [2.24, 2.45) is 11.8 Å². The molecule has 1 aromatic rings. The molecule has 8 heteroatoms. The van der Waals surface area contributed by atoms with Crippen LogP contribution < -0.4 is 9.47 Å². The quantitative estimate of drug-likeness (QED) is 0.260. The maximum absolute atomic E-state index is 12.9. The fraction of sp³-hybridized carbons (Fsp3) is 0.688. The Hall–Kier alpha value is -2.74. The van der Waals surface area contributed by atoms with E-state index in [1.54, 1.807) is 0 Å². The Kier molecular flexibility index (Phi) is 9.38. The number of benzene rings is 1. The molecule has 0 aliphatic carbocycles. The second-order valence-electron chi connectivity index (χ2n) is 13.0. The first kappa shape index (κ1) is 30.2. The molecule has 0 unspecified atom stereocenters. The first-order valence-electron chi connectivity index (χ1n) is 14.8. The van der Waals surface area contributed by atoms with Crippen LogP contribution in [0.4, 0.5) is 4.79 Å². The fourth-order valence-electron chi connectivity index (χ4n) is 6.21. The van der Waals surface area contributed by atoms with E-state index in [4.69, 9.17) is 24.1 Å². The Labute approximate surface area is 239 Å². The van der Waals surface area contributed by atoms with Gasteiger partial charge in [0.2, 0.25) is 0 Å². The molecule has 3 aliphatic rings. The molecule has 4 rings (SSSR count). The second-order valence-corrected chi connectivity index (χ2v) is 13.0. The van der Waals surface area contributed by atoms with E-state index in [-0.39, 0.29) is 36.6 Å². The van der Waals surface area contributed by atoms with Crippen LogP contribution in [0.2, 0.25) is 0 Å². The number of allylic oxidation sites excluding steroid dienone is 2. The average molecular weight is 558 g/mol. The van der Waals surface area contributed by atoms with Gasteiger partial charge in [0.1, 0.15) is 22.7 Å². The molecule has 1 N–H and O–H groups in total. The zero-order valence-electron chi connectivity index (χ0n) is 25.0. The summed E-state index contributed by atoms with van der Waals surface area (Å²) in [7, 11) is 0. The molecule has 0 radical (unpaired) electrons. The first-order chi connectivity index (χ1) is 18.8. The van der Waals surface area contributed by atoms with Gasteiger partial charge in [-0.05, 0) is 98.3 Å². The minimum atomic E-state index is -0.783. The lowest BCUT2D eigenvalue weighted by Gasteiger charge is -2.54. The highest BCUT2D eigenvalue weighted by Crippen LogP contribution is 2.55. The molecule has 3 aliphatic heterocycles. The first-order valence-corrected chi connectivity index (χ1v) is 14.8. The van der Waals surface area contributed by atoms with Gasteiger partial charge in [0, 0.05) is 36.9 Å². The molecule has 0 saturated carbocycles. The normalized spacial score (nSPS) is 27.4. The molecule has 0 bridgehead atoms. The number of likely N-dealkylation sites (tertiary alicyclic amines) is 1. The van der Waals surface area contributed by atoms with Gasteiger partial charge in [-0.25, -0.2) is 4.79 Å². The van der Waals surface area contributed by atoms with Crippen LogP contribution in [-0.4, -0.2) is 59.1 Å². The van der Waals surface area contributed by atoms with Crippen molar-refractivity contribution >= 4 is 12.1 Å². The summed E-state index contributed by atoms with van der Waals surface area (Å²) < 4.78 is 25.3. The minimum Gasteiger partial charge on any atom is -0.494 e. The fourth-order valence-corrected chi connectivity index (χ4v) is 6.21. The molecule has 2 fully saturated rings. The van der Waals surface area contributed by atoms with Crippen molar-refractivity contribution in [1.29, 1.82) is 0 Å². The Bertz CT molecular complexity index is 1090. The van der Waals surface area contributed by atoms with Crippen LogP contribution in [0.25, 0.3) is 0 Å². The monoisotopic (exact) mass is 557 g/mol. The molecule has 0 spiro atoms. The van der Waals surface area contributed by atoms with Crippen LogP contribution in [0, 0.1) is 11.8 Å². The van der Waals surface area contributed by atoms with Crippen molar-refractivity contribution in [1.82, 2.24) is 4.90 Å². The van der Waals surface area contributed by atoms with Gasteiger partial charge in [0.25, 0.3) is 0 Å². The lowest BCUT2D eigenvalue weighted by Crippen LogP contribution is -2.57. The van der Waals surface area contributed by atoms with Crippen LogP contribution >= 0.6 is 0 Å². The van der Waals surface area contributed by atoms with Crippen molar-refractivity contribution in [3.8, 4) is 11.5 Å². The summed E-state index contributed by atoms with van der Waals surface area (Å²) in [6.45, 7) is 13.8. The molecule has 222 valence electrons. The number of amides is 1. The highest BCUT2D eigenvalue weighted by molar-refractivity contribution is 5.68. The molecular formula is C32H47NO7. The van der Waals surface area contributed by atoms with Crippen molar-refractivity contribution in [3.05, 3.63) is 35.4 Å². The van der Waals surface area contributed by atoms with E-state index in [0.29, 0.717) is 32.5 Å². The summed E-state index contributed by atoms with van der Waals surface area (Å²) in [5.41, 5.74) is 1.37. The van der Waals surface area contributed by atoms with E-state index in [9.17, 15) is 9.59 Å². The molecule has 2 saturated heterocycles. The summed E-state index contributed by atoms with van der Waals surface area (Å²) in [6.07, 6.45) is 6.85. The number of hydrogen-bond donors (Lipinski definition) is 1. The number of piperidine rings is 1. The lowest BCUT2D eigenvalue weighted by atomic mass is 9.68. The van der Waals surface area contributed by atoms with Gasteiger partial charge in [-0.3, -0.25) is 4.79 Å². The summed E-state index contributed by atoms with van der Waals surface area (Å²) in [6, 6.07) is 5.95. The van der Waals surface area contributed by atoms with Gasteiger partial charge < -0.3 is 29.0 Å². The van der Waals surface area contributed by atoms with Crippen molar-refractivity contribution in [2.45, 2.75) is 110 Å². The maximum atomic E-state index is 12.9. The number of unbranched alkanes of at least 4 members (excludes halogenated alkanes) is 1. The molecule has 0 aromatic heterocycles. The van der Waals surface area contributed by atoms with Gasteiger partial charge in [0.15, 0.2) is 0 Å². The van der Waals surface area contributed by atoms with E-state index in [1.165, 1.54) is 5.57 Å². The third kappa shape index (κ3) is 7.50. The standard InChI is InChI=1S/C32H47NO7/c1-21(2)10-9-15-32(6)25-18-22-20-33(30(36)40-31(3,4)5)16-14-26(22)38-29(25)24-19-23(12-13-27(24)39-32)37-17-8-7-11-28(34)35/h10,12-13,19,22,25-26,29H,7-9,11,14-18,20H2,1-6H3,(H,34,35)/t22-,25-,26-,29+,32+/m0/s1. The zero-order valence-corrected chi connectivity index (χ0v) is 25.0. The molecule has 40 heavy (non-hydrogen) atoms. The summed E-state index contributed by atoms with van der Waals surface area (Å²) in [5.74, 6) is 1.13. The second kappa shape index (κ2) is 12.4. The number of fused-ring (bicyclic) bond motifs is 4. The van der Waals surface area contributed by atoms with Crippen molar-refractivity contribution in [2.75, 3.05) is 19.7 Å². The predicted molar refractivity (Wildman–Crippen MR) is 153 cm³/mol. The van der Waals surface area contributed by atoms with Gasteiger partial charge in [-0.15, -0.1) is 0 Å². The SMILES string of the molecule is CC(C)=CCC[C@@]1(C)Oc2ccc(OCCCCC(=O)O)cc2[C@H]2O[C@H]3CCN(C(=O)OC(C)(C)C)C[C@@H]3C[C@@H]21. The molecule has 8 nitrogen and oxygen atoms in total. The third-order valence-corrected chi connectivity index (χ3v) is 8.22.